The molecule has 0 radical (unpaired) electrons. The second kappa shape index (κ2) is 7.13. The highest BCUT2D eigenvalue weighted by atomic mass is 16.6. The monoisotopic (exact) mass is 291 g/mol. The maximum absolute atomic E-state index is 11.9. The molecule has 0 aliphatic rings. The van der Waals surface area contributed by atoms with Gasteiger partial charge in [-0.1, -0.05) is 0 Å². The number of hydrogen-bond donors (Lipinski definition) is 0. The predicted octanol–water partition coefficient (Wildman–Crippen LogP) is 2.62. The van der Waals surface area contributed by atoms with E-state index in [0.29, 0.717) is 13.2 Å². The third kappa shape index (κ3) is 3.98. The normalized spacial score (nSPS) is 12.3. The van der Waals surface area contributed by atoms with E-state index in [9.17, 15) is 4.79 Å². The molecule has 2 aromatic rings. The lowest BCUT2D eigenvalue weighted by molar-refractivity contribution is -0.151. The number of nitrogens with zero attached hydrogens (tertiary/aromatic N) is 1. The molecule has 2 rings (SSSR count). The summed E-state index contributed by atoms with van der Waals surface area (Å²) in [5, 5.41) is 1.04. The number of rotatable bonds is 7. The van der Waals surface area contributed by atoms with E-state index in [1.807, 2.05) is 48.9 Å². The molecule has 0 aliphatic carbocycles. The lowest BCUT2D eigenvalue weighted by Crippen LogP contribution is -2.22. The molecule has 1 atom stereocenters. The predicted molar refractivity (Wildman–Crippen MR) is 80.5 cm³/mol. The number of benzene rings is 1. The Morgan fingerprint density at radius 2 is 2.14 bits per heavy atom. The summed E-state index contributed by atoms with van der Waals surface area (Å²) in [6.45, 7) is 4.98. The third-order valence-electron chi connectivity index (χ3n) is 3.09. The Bertz CT molecular complexity index is 605. The van der Waals surface area contributed by atoms with E-state index >= 15 is 0 Å². The zero-order valence-corrected chi connectivity index (χ0v) is 12.7. The van der Waals surface area contributed by atoms with Crippen molar-refractivity contribution < 1.29 is 19.0 Å². The van der Waals surface area contributed by atoms with Gasteiger partial charge in [-0.05, 0) is 38.1 Å². The average Bonchev–Trinajstić information content (AvgIpc) is 2.81. The summed E-state index contributed by atoms with van der Waals surface area (Å²) in [7, 11) is 1.58. The standard InChI is InChI=1S/C16H21NO4/c1-4-20-14-5-6-15-13(9-14)7-8-17(15)10-16(18)21-12(2)11-19-3/h5-9,12H,4,10-11H2,1-3H3. The first kappa shape index (κ1) is 15.4. The summed E-state index contributed by atoms with van der Waals surface area (Å²) in [6, 6.07) is 7.78. The van der Waals surface area contributed by atoms with Crippen LogP contribution in [0, 0.1) is 0 Å². The van der Waals surface area contributed by atoms with Crippen molar-refractivity contribution in [3.63, 3.8) is 0 Å². The topological polar surface area (TPSA) is 49.7 Å². The van der Waals surface area contributed by atoms with Crippen LogP contribution >= 0.6 is 0 Å². The van der Waals surface area contributed by atoms with Gasteiger partial charge >= 0.3 is 5.97 Å². The molecular weight excluding hydrogens is 270 g/mol. The Morgan fingerprint density at radius 3 is 2.86 bits per heavy atom. The highest BCUT2D eigenvalue weighted by Gasteiger charge is 2.11. The van der Waals surface area contributed by atoms with E-state index in [1.54, 1.807) is 7.11 Å². The van der Waals surface area contributed by atoms with Crippen molar-refractivity contribution in [3.8, 4) is 5.75 Å². The second-order valence-electron chi connectivity index (χ2n) is 4.85. The molecule has 0 saturated carbocycles. The zero-order valence-electron chi connectivity index (χ0n) is 12.7. The summed E-state index contributed by atoms with van der Waals surface area (Å²) >= 11 is 0. The fourth-order valence-corrected chi connectivity index (χ4v) is 2.24. The van der Waals surface area contributed by atoms with Crippen LogP contribution in [-0.2, 0) is 20.8 Å². The molecule has 114 valence electrons. The maximum Gasteiger partial charge on any atom is 0.326 e. The van der Waals surface area contributed by atoms with E-state index in [0.717, 1.165) is 16.7 Å². The lowest BCUT2D eigenvalue weighted by atomic mass is 10.2. The largest absolute Gasteiger partial charge is 0.494 e. The molecule has 0 aliphatic heterocycles. The lowest BCUT2D eigenvalue weighted by Gasteiger charge is -2.13. The van der Waals surface area contributed by atoms with E-state index < -0.39 is 0 Å². The van der Waals surface area contributed by atoms with Crippen LogP contribution < -0.4 is 4.74 Å². The summed E-state index contributed by atoms with van der Waals surface area (Å²) in [5.74, 6) is 0.560. The number of carbonyl (C=O) groups is 1. The van der Waals surface area contributed by atoms with Crippen LogP contribution in [-0.4, -0.2) is 37.0 Å². The number of hydrogen-bond acceptors (Lipinski definition) is 4. The molecule has 0 spiro atoms. The van der Waals surface area contributed by atoms with E-state index in [1.165, 1.54) is 0 Å². The van der Waals surface area contributed by atoms with Gasteiger partial charge in [0.2, 0.25) is 0 Å². The van der Waals surface area contributed by atoms with Crippen LogP contribution in [0.3, 0.4) is 0 Å². The van der Waals surface area contributed by atoms with Gasteiger partial charge in [-0.15, -0.1) is 0 Å². The van der Waals surface area contributed by atoms with Crippen molar-refractivity contribution in [2.24, 2.45) is 0 Å². The van der Waals surface area contributed by atoms with Gasteiger partial charge in [0.05, 0.1) is 13.2 Å². The molecule has 1 aromatic heterocycles. The Labute approximate surface area is 124 Å². The molecular formula is C16H21NO4. The Balaban J connectivity index is 2.07. The van der Waals surface area contributed by atoms with E-state index in [-0.39, 0.29) is 18.6 Å². The van der Waals surface area contributed by atoms with Gasteiger partial charge in [0.1, 0.15) is 18.4 Å². The first-order valence-electron chi connectivity index (χ1n) is 7.04. The molecule has 1 heterocycles. The third-order valence-corrected chi connectivity index (χ3v) is 3.09. The van der Waals surface area contributed by atoms with Crippen molar-refractivity contribution in [1.82, 2.24) is 4.57 Å². The molecule has 5 nitrogen and oxygen atoms in total. The highest BCUT2D eigenvalue weighted by Crippen LogP contribution is 2.22. The van der Waals surface area contributed by atoms with Gasteiger partial charge in [-0.3, -0.25) is 4.79 Å². The molecule has 1 aromatic carbocycles. The first-order chi connectivity index (χ1) is 10.1. The first-order valence-corrected chi connectivity index (χ1v) is 7.04. The number of fused-ring (bicyclic) bond motifs is 1. The van der Waals surface area contributed by atoms with Gasteiger partial charge in [0, 0.05) is 24.2 Å². The van der Waals surface area contributed by atoms with E-state index in [4.69, 9.17) is 14.2 Å². The Hall–Kier alpha value is -2.01. The Morgan fingerprint density at radius 1 is 1.33 bits per heavy atom. The number of ether oxygens (including phenoxy) is 3. The summed E-state index contributed by atoms with van der Waals surface area (Å²) in [5.41, 5.74) is 0.981. The van der Waals surface area contributed by atoms with Crippen molar-refractivity contribution in [2.75, 3.05) is 20.3 Å². The van der Waals surface area contributed by atoms with Gasteiger partial charge in [-0.25, -0.2) is 0 Å². The fourth-order valence-electron chi connectivity index (χ4n) is 2.24. The minimum atomic E-state index is -0.272. The zero-order chi connectivity index (χ0) is 15.2. The average molecular weight is 291 g/mol. The number of carbonyl (C=O) groups excluding carboxylic acids is 1. The molecule has 0 saturated heterocycles. The molecule has 0 fully saturated rings. The number of methoxy groups -OCH3 is 1. The SMILES string of the molecule is CCOc1ccc2c(ccn2CC(=O)OC(C)COC)c1. The highest BCUT2D eigenvalue weighted by molar-refractivity contribution is 5.83. The molecule has 0 amide bonds. The molecule has 0 bridgehead atoms. The summed E-state index contributed by atoms with van der Waals surface area (Å²) in [4.78, 5) is 11.9. The van der Waals surface area contributed by atoms with Crippen molar-refractivity contribution in [1.29, 1.82) is 0 Å². The molecule has 0 N–H and O–H groups in total. The van der Waals surface area contributed by atoms with Gasteiger partial charge in [-0.2, -0.15) is 0 Å². The summed E-state index contributed by atoms with van der Waals surface area (Å²) < 4.78 is 17.6. The van der Waals surface area contributed by atoms with Crippen LogP contribution in [0.1, 0.15) is 13.8 Å². The van der Waals surface area contributed by atoms with E-state index in [2.05, 4.69) is 0 Å². The van der Waals surface area contributed by atoms with Crippen molar-refractivity contribution in [2.45, 2.75) is 26.5 Å². The van der Waals surface area contributed by atoms with Gasteiger partial charge in [0.15, 0.2) is 0 Å². The summed E-state index contributed by atoms with van der Waals surface area (Å²) in [6.07, 6.45) is 1.64. The van der Waals surface area contributed by atoms with Gasteiger partial charge in [0.25, 0.3) is 0 Å². The second-order valence-corrected chi connectivity index (χ2v) is 4.85. The molecule has 21 heavy (non-hydrogen) atoms. The number of aromatic nitrogens is 1. The molecule has 1 unspecified atom stereocenters. The van der Waals surface area contributed by atoms with Crippen LogP contribution in [0.25, 0.3) is 10.9 Å². The van der Waals surface area contributed by atoms with Crippen LogP contribution in [0.2, 0.25) is 0 Å². The quantitative estimate of drug-likeness (QED) is 0.736. The maximum atomic E-state index is 11.9. The van der Waals surface area contributed by atoms with Crippen LogP contribution in [0.15, 0.2) is 30.5 Å². The minimum Gasteiger partial charge on any atom is -0.494 e. The smallest absolute Gasteiger partial charge is 0.326 e. The van der Waals surface area contributed by atoms with Crippen molar-refractivity contribution >= 4 is 16.9 Å². The fraction of sp³-hybridized carbons (Fsp3) is 0.438. The minimum absolute atomic E-state index is 0.186. The number of esters is 1. The van der Waals surface area contributed by atoms with Crippen molar-refractivity contribution in [3.05, 3.63) is 30.5 Å². The Kier molecular flexibility index (Phi) is 5.22. The van der Waals surface area contributed by atoms with Crippen LogP contribution in [0.4, 0.5) is 0 Å². The molecule has 5 heteroatoms. The van der Waals surface area contributed by atoms with Gasteiger partial charge < -0.3 is 18.8 Å². The van der Waals surface area contributed by atoms with Crippen LogP contribution in [0.5, 0.6) is 5.75 Å².